The van der Waals surface area contributed by atoms with E-state index in [1.165, 1.54) is 7.11 Å². The minimum Gasteiger partial charge on any atom is -0.477 e. The average Bonchev–Trinajstić information content (AvgIpc) is 2.19. The highest BCUT2D eigenvalue weighted by Gasteiger charge is 1.99. The van der Waals surface area contributed by atoms with Gasteiger partial charge in [-0.15, -0.1) is 0 Å². The number of rotatable bonds is 1. The van der Waals surface area contributed by atoms with Crippen molar-refractivity contribution in [2.45, 2.75) is 0 Å². The van der Waals surface area contributed by atoms with E-state index in [1.54, 1.807) is 0 Å². The molecule has 0 radical (unpaired) electrons. The number of nitrogens with one attached hydrogen (secondary N) is 1. The smallest absolute Gasteiger partial charge is 0.253 e. The summed E-state index contributed by atoms with van der Waals surface area (Å²) >= 11 is 1.93. The van der Waals surface area contributed by atoms with E-state index in [-0.39, 0.29) is 5.84 Å². The van der Waals surface area contributed by atoms with Gasteiger partial charge in [-0.3, -0.25) is 5.41 Å². The molecule has 0 amide bonds. The Bertz CT molecular complexity index is 322. The van der Waals surface area contributed by atoms with E-state index in [0.29, 0.717) is 3.90 Å². The van der Waals surface area contributed by atoms with Crippen LogP contribution < -0.4 is 0 Å². The van der Waals surface area contributed by atoms with Crippen LogP contribution in [0.4, 0.5) is 0 Å². The predicted molar refractivity (Wildman–Crippen MR) is 61.7 cm³/mol. The topological polar surface area (TPSA) is 45.4 Å². The first-order valence-electron chi connectivity index (χ1n) is 3.66. The van der Waals surface area contributed by atoms with Crippen LogP contribution in [0.1, 0.15) is 5.56 Å². The summed E-state index contributed by atoms with van der Waals surface area (Å²) in [5.41, 5.74) is 0.786. The molecular weight excluding hydrogens is 279 g/mol. The van der Waals surface area contributed by atoms with Crippen molar-refractivity contribution in [2.75, 3.05) is 7.11 Å². The molecule has 3 nitrogen and oxygen atoms in total. The molecule has 0 aliphatic rings. The largest absolute Gasteiger partial charge is 0.477 e. The minimum atomic E-state index is 0.215. The summed E-state index contributed by atoms with van der Waals surface area (Å²) in [5.74, 6) is 0.215. The third-order valence-corrected chi connectivity index (χ3v) is 2.10. The number of benzene rings is 1. The zero-order valence-electron chi connectivity index (χ0n) is 7.12. The fourth-order valence-corrected chi connectivity index (χ4v) is 1.04. The number of aliphatic imine (C=N–C) groups is 1. The summed E-state index contributed by atoms with van der Waals surface area (Å²) < 4.78 is 5.30. The Balaban J connectivity index is 2.81. The predicted octanol–water partition coefficient (Wildman–Crippen LogP) is 2.45. The maximum absolute atomic E-state index is 7.59. The van der Waals surface area contributed by atoms with E-state index in [4.69, 9.17) is 10.1 Å². The Morgan fingerprint density at radius 1 is 1.38 bits per heavy atom. The van der Waals surface area contributed by atoms with Crippen molar-refractivity contribution in [3.8, 4) is 0 Å². The van der Waals surface area contributed by atoms with Crippen molar-refractivity contribution in [3.63, 3.8) is 0 Å². The van der Waals surface area contributed by atoms with Gasteiger partial charge in [-0.05, 0) is 0 Å². The summed E-state index contributed by atoms with van der Waals surface area (Å²) in [6, 6.07) is 9.33. The van der Waals surface area contributed by atoms with Crippen LogP contribution in [-0.2, 0) is 4.74 Å². The molecule has 0 aliphatic heterocycles. The highest BCUT2D eigenvalue weighted by molar-refractivity contribution is 14.1. The average molecular weight is 288 g/mol. The molecule has 0 aromatic heterocycles. The second kappa shape index (κ2) is 4.96. The first kappa shape index (κ1) is 10.2. The fourth-order valence-electron chi connectivity index (χ4n) is 0.794. The first-order chi connectivity index (χ1) is 6.24. The lowest BCUT2D eigenvalue weighted by atomic mass is 10.2. The molecule has 13 heavy (non-hydrogen) atoms. The molecule has 1 aromatic carbocycles. The van der Waals surface area contributed by atoms with Gasteiger partial charge in [-0.1, -0.05) is 30.3 Å². The van der Waals surface area contributed by atoms with Gasteiger partial charge in [0.2, 0.25) is 0 Å². The standard InChI is InChI=1S/C9H9IN2O/c1-13-9(10)12-8(11)7-5-3-2-4-6-7/h2-6,11H,1H3/b11-8?,12-9-. The summed E-state index contributed by atoms with van der Waals surface area (Å²) in [6.45, 7) is 0. The Morgan fingerprint density at radius 3 is 2.54 bits per heavy atom. The SMILES string of the molecule is CO/C(I)=N\C(=N)c1ccccc1. The minimum absolute atomic E-state index is 0.215. The van der Waals surface area contributed by atoms with Crippen LogP contribution >= 0.6 is 22.6 Å². The van der Waals surface area contributed by atoms with Gasteiger partial charge in [0.1, 0.15) is 0 Å². The Morgan fingerprint density at radius 2 is 2.00 bits per heavy atom. The molecule has 0 saturated heterocycles. The molecule has 0 fully saturated rings. The van der Waals surface area contributed by atoms with Crippen molar-refractivity contribution < 1.29 is 4.74 Å². The first-order valence-corrected chi connectivity index (χ1v) is 4.74. The van der Waals surface area contributed by atoms with Crippen molar-refractivity contribution in [1.82, 2.24) is 0 Å². The lowest BCUT2D eigenvalue weighted by molar-refractivity contribution is 0.420. The van der Waals surface area contributed by atoms with E-state index in [9.17, 15) is 0 Å². The summed E-state index contributed by atoms with van der Waals surface area (Å²) in [5, 5.41) is 7.59. The number of amidine groups is 1. The highest BCUT2D eigenvalue weighted by Crippen LogP contribution is 2.02. The quantitative estimate of drug-likeness (QED) is 0.481. The molecule has 0 aliphatic carbocycles. The lowest BCUT2D eigenvalue weighted by Gasteiger charge is -1.98. The zero-order valence-corrected chi connectivity index (χ0v) is 9.28. The molecule has 0 unspecified atom stereocenters. The van der Waals surface area contributed by atoms with Gasteiger partial charge in [-0.25, -0.2) is 0 Å². The molecule has 0 atom stereocenters. The Hall–Kier alpha value is -0.910. The molecular formula is C9H9IN2O. The number of hydrogen-bond donors (Lipinski definition) is 1. The molecule has 1 N–H and O–H groups in total. The molecule has 0 spiro atoms. The van der Waals surface area contributed by atoms with E-state index >= 15 is 0 Å². The van der Waals surface area contributed by atoms with Crippen LogP contribution in [0, 0.1) is 5.41 Å². The van der Waals surface area contributed by atoms with Crippen LogP contribution in [0.3, 0.4) is 0 Å². The molecule has 68 valence electrons. The van der Waals surface area contributed by atoms with Gasteiger partial charge in [0.15, 0.2) is 5.84 Å². The van der Waals surface area contributed by atoms with E-state index < -0.39 is 0 Å². The number of ether oxygens (including phenoxy) is 1. The normalized spacial score (nSPS) is 11.1. The van der Waals surface area contributed by atoms with E-state index in [1.807, 2.05) is 52.9 Å². The van der Waals surface area contributed by atoms with Crippen LogP contribution in [-0.4, -0.2) is 16.8 Å². The second-order valence-electron chi connectivity index (χ2n) is 2.28. The molecule has 0 saturated carbocycles. The number of nitrogens with zero attached hydrogens (tertiary/aromatic N) is 1. The van der Waals surface area contributed by atoms with E-state index in [0.717, 1.165) is 5.56 Å². The molecule has 1 aromatic rings. The summed E-state index contributed by atoms with van der Waals surface area (Å²) in [6.07, 6.45) is 0. The molecule has 4 heteroatoms. The van der Waals surface area contributed by atoms with Crippen molar-refractivity contribution in [3.05, 3.63) is 35.9 Å². The summed E-state index contributed by atoms with van der Waals surface area (Å²) in [4.78, 5) is 3.93. The monoisotopic (exact) mass is 288 g/mol. The fraction of sp³-hybridized carbons (Fsp3) is 0.111. The Kier molecular flexibility index (Phi) is 3.88. The summed E-state index contributed by atoms with van der Waals surface area (Å²) in [7, 11) is 1.53. The van der Waals surface area contributed by atoms with E-state index in [2.05, 4.69) is 4.99 Å². The van der Waals surface area contributed by atoms with Gasteiger partial charge in [0, 0.05) is 28.2 Å². The van der Waals surface area contributed by atoms with Crippen LogP contribution in [0.25, 0.3) is 0 Å². The van der Waals surface area contributed by atoms with Gasteiger partial charge in [0.05, 0.1) is 7.11 Å². The van der Waals surface area contributed by atoms with Crippen LogP contribution in [0.15, 0.2) is 35.3 Å². The third kappa shape index (κ3) is 3.14. The van der Waals surface area contributed by atoms with Gasteiger partial charge >= 0.3 is 0 Å². The number of methoxy groups -OCH3 is 1. The molecule has 1 rings (SSSR count). The highest BCUT2D eigenvalue weighted by atomic mass is 127. The van der Waals surface area contributed by atoms with Crippen molar-refractivity contribution >= 4 is 32.3 Å². The van der Waals surface area contributed by atoms with Crippen LogP contribution in [0.5, 0.6) is 0 Å². The Labute approximate surface area is 90.5 Å². The number of halogens is 1. The maximum Gasteiger partial charge on any atom is 0.253 e. The van der Waals surface area contributed by atoms with Gasteiger partial charge in [0.25, 0.3) is 3.90 Å². The van der Waals surface area contributed by atoms with Crippen molar-refractivity contribution in [1.29, 1.82) is 5.41 Å². The third-order valence-electron chi connectivity index (χ3n) is 1.42. The second-order valence-corrected chi connectivity index (χ2v) is 3.21. The zero-order chi connectivity index (χ0) is 9.68. The molecule has 0 bridgehead atoms. The number of hydrogen-bond acceptors (Lipinski definition) is 2. The van der Waals surface area contributed by atoms with Gasteiger partial charge < -0.3 is 4.74 Å². The van der Waals surface area contributed by atoms with Gasteiger partial charge in [-0.2, -0.15) is 4.99 Å². The molecule has 0 heterocycles. The van der Waals surface area contributed by atoms with Crippen LogP contribution in [0.2, 0.25) is 0 Å². The lowest BCUT2D eigenvalue weighted by Crippen LogP contribution is -1.99. The van der Waals surface area contributed by atoms with Crippen molar-refractivity contribution in [2.24, 2.45) is 4.99 Å². The maximum atomic E-state index is 7.59.